The van der Waals surface area contributed by atoms with Crippen molar-refractivity contribution in [2.45, 2.75) is 31.3 Å². The predicted molar refractivity (Wildman–Crippen MR) is 91.2 cm³/mol. The van der Waals surface area contributed by atoms with Gasteiger partial charge in [0.15, 0.2) is 0 Å². The SMILES string of the molecule is CN(C)C1CCCN(CCC(N)c2cccc(Cl)c2Cl)C1. The van der Waals surface area contributed by atoms with Crippen LogP contribution in [0.1, 0.15) is 30.9 Å². The summed E-state index contributed by atoms with van der Waals surface area (Å²) in [5.41, 5.74) is 7.25. The molecule has 2 unspecified atom stereocenters. The number of piperidine rings is 1. The van der Waals surface area contributed by atoms with Crippen LogP contribution in [0.15, 0.2) is 18.2 Å². The first-order valence-corrected chi connectivity index (χ1v) is 8.33. The lowest BCUT2D eigenvalue weighted by Crippen LogP contribution is -2.45. The largest absolute Gasteiger partial charge is 0.324 e. The molecule has 2 atom stereocenters. The molecule has 1 fully saturated rings. The van der Waals surface area contributed by atoms with Gasteiger partial charge in [0.25, 0.3) is 0 Å². The molecule has 21 heavy (non-hydrogen) atoms. The van der Waals surface area contributed by atoms with Crippen LogP contribution in [0.5, 0.6) is 0 Å². The Morgan fingerprint density at radius 1 is 1.38 bits per heavy atom. The summed E-state index contributed by atoms with van der Waals surface area (Å²) in [7, 11) is 4.32. The van der Waals surface area contributed by atoms with E-state index in [1.54, 1.807) is 6.07 Å². The van der Waals surface area contributed by atoms with Crippen molar-refractivity contribution in [2.24, 2.45) is 5.73 Å². The van der Waals surface area contributed by atoms with E-state index in [4.69, 9.17) is 28.9 Å². The molecule has 1 aromatic carbocycles. The molecule has 0 bridgehead atoms. The monoisotopic (exact) mass is 329 g/mol. The van der Waals surface area contributed by atoms with E-state index in [-0.39, 0.29) is 6.04 Å². The fraction of sp³-hybridized carbons (Fsp3) is 0.625. The molecule has 1 aromatic rings. The second-order valence-corrected chi connectivity index (χ2v) is 6.88. The van der Waals surface area contributed by atoms with Crippen LogP contribution >= 0.6 is 23.2 Å². The third kappa shape index (κ3) is 4.57. The Kier molecular flexibility index (Phi) is 6.33. The Morgan fingerprint density at radius 2 is 2.14 bits per heavy atom. The van der Waals surface area contributed by atoms with E-state index >= 15 is 0 Å². The highest BCUT2D eigenvalue weighted by Crippen LogP contribution is 2.30. The number of likely N-dealkylation sites (tertiary alicyclic amines) is 1. The summed E-state index contributed by atoms with van der Waals surface area (Å²) < 4.78 is 0. The number of hydrogen-bond acceptors (Lipinski definition) is 3. The minimum Gasteiger partial charge on any atom is -0.324 e. The third-order valence-corrected chi connectivity index (χ3v) is 5.18. The zero-order valence-corrected chi connectivity index (χ0v) is 14.4. The van der Waals surface area contributed by atoms with Gasteiger partial charge in [0.2, 0.25) is 0 Å². The van der Waals surface area contributed by atoms with Crippen molar-refractivity contribution in [1.29, 1.82) is 0 Å². The van der Waals surface area contributed by atoms with E-state index in [0.29, 0.717) is 16.1 Å². The molecular weight excluding hydrogens is 305 g/mol. The summed E-state index contributed by atoms with van der Waals surface area (Å²) in [6, 6.07) is 6.27. The Bertz CT molecular complexity index is 465. The molecule has 0 saturated carbocycles. The Hall–Kier alpha value is -0.320. The number of hydrogen-bond donors (Lipinski definition) is 1. The van der Waals surface area contributed by atoms with Crippen LogP contribution < -0.4 is 5.73 Å². The van der Waals surface area contributed by atoms with Crippen LogP contribution in [0.25, 0.3) is 0 Å². The topological polar surface area (TPSA) is 32.5 Å². The standard InChI is InChI=1S/C16H25Cl2N3/c1-20(2)12-5-4-9-21(11-12)10-8-15(19)13-6-3-7-14(17)16(13)18/h3,6-7,12,15H,4-5,8-11,19H2,1-2H3. The first-order valence-electron chi connectivity index (χ1n) is 7.57. The van der Waals surface area contributed by atoms with E-state index in [1.807, 2.05) is 12.1 Å². The molecule has 1 saturated heterocycles. The molecule has 5 heteroatoms. The van der Waals surface area contributed by atoms with Crippen LogP contribution in [0.4, 0.5) is 0 Å². The van der Waals surface area contributed by atoms with Crippen LogP contribution in [-0.4, -0.2) is 49.6 Å². The van der Waals surface area contributed by atoms with E-state index in [2.05, 4.69) is 23.9 Å². The lowest BCUT2D eigenvalue weighted by atomic mass is 10.0. The van der Waals surface area contributed by atoms with Gasteiger partial charge in [-0.1, -0.05) is 35.3 Å². The third-order valence-electron chi connectivity index (χ3n) is 4.35. The number of benzene rings is 1. The van der Waals surface area contributed by atoms with Crippen molar-refractivity contribution in [1.82, 2.24) is 9.80 Å². The highest BCUT2D eigenvalue weighted by molar-refractivity contribution is 6.42. The number of halogens is 2. The highest BCUT2D eigenvalue weighted by atomic mass is 35.5. The number of nitrogens with zero attached hydrogens (tertiary/aromatic N) is 2. The van der Waals surface area contributed by atoms with Gasteiger partial charge >= 0.3 is 0 Å². The van der Waals surface area contributed by atoms with Gasteiger partial charge in [0.05, 0.1) is 10.0 Å². The minimum atomic E-state index is -0.0593. The minimum absolute atomic E-state index is 0.0593. The maximum atomic E-state index is 6.30. The van der Waals surface area contributed by atoms with Gasteiger partial charge < -0.3 is 15.5 Å². The molecule has 0 radical (unpaired) electrons. The second-order valence-electron chi connectivity index (χ2n) is 6.10. The van der Waals surface area contributed by atoms with Crippen molar-refractivity contribution >= 4 is 23.2 Å². The van der Waals surface area contributed by atoms with E-state index in [0.717, 1.165) is 25.1 Å². The molecule has 118 valence electrons. The normalized spacial score (nSPS) is 21.7. The van der Waals surface area contributed by atoms with Crippen molar-refractivity contribution in [2.75, 3.05) is 33.7 Å². The van der Waals surface area contributed by atoms with Gasteiger partial charge in [-0.25, -0.2) is 0 Å². The van der Waals surface area contributed by atoms with Gasteiger partial charge in [-0.3, -0.25) is 0 Å². The quantitative estimate of drug-likeness (QED) is 0.898. The highest BCUT2D eigenvalue weighted by Gasteiger charge is 2.22. The molecule has 1 aliphatic heterocycles. The predicted octanol–water partition coefficient (Wildman–Crippen LogP) is 3.41. The van der Waals surface area contributed by atoms with E-state index in [9.17, 15) is 0 Å². The molecule has 0 spiro atoms. The van der Waals surface area contributed by atoms with Gasteiger partial charge in [-0.15, -0.1) is 0 Å². The Morgan fingerprint density at radius 3 is 2.86 bits per heavy atom. The zero-order chi connectivity index (χ0) is 15.4. The van der Waals surface area contributed by atoms with Crippen LogP contribution in [0, 0.1) is 0 Å². The number of nitrogens with two attached hydrogens (primary N) is 1. The van der Waals surface area contributed by atoms with E-state index in [1.165, 1.54) is 19.4 Å². The maximum absolute atomic E-state index is 6.30. The van der Waals surface area contributed by atoms with Crippen LogP contribution in [0.3, 0.4) is 0 Å². The van der Waals surface area contributed by atoms with E-state index < -0.39 is 0 Å². The fourth-order valence-corrected chi connectivity index (χ4v) is 3.39. The Balaban J connectivity index is 1.89. The first-order chi connectivity index (χ1) is 9.99. The molecule has 0 amide bonds. The fourth-order valence-electron chi connectivity index (χ4n) is 2.94. The summed E-state index contributed by atoms with van der Waals surface area (Å²) in [5, 5.41) is 1.17. The average Bonchev–Trinajstić information content (AvgIpc) is 2.48. The molecule has 2 rings (SSSR count). The maximum Gasteiger partial charge on any atom is 0.0640 e. The molecule has 2 N–H and O–H groups in total. The lowest BCUT2D eigenvalue weighted by Gasteiger charge is -2.36. The smallest absolute Gasteiger partial charge is 0.0640 e. The summed E-state index contributed by atoms with van der Waals surface area (Å²) in [4.78, 5) is 4.83. The molecule has 0 aromatic heterocycles. The first kappa shape index (κ1) is 17.0. The number of rotatable bonds is 5. The summed E-state index contributed by atoms with van der Waals surface area (Å²) in [5.74, 6) is 0. The summed E-state index contributed by atoms with van der Waals surface area (Å²) >= 11 is 12.3. The van der Waals surface area contributed by atoms with Crippen molar-refractivity contribution in [3.63, 3.8) is 0 Å². The second kappa shape index (κ2) is 7.80. The molecule has 1 aliphatic rings. The van der Waals surface area contributed by atoms with Crippen molar-refractivity contribution in [3.8, 4) is 0 Å². The van der Waals surface area contributed by atoms with Crippen LogP contribution in [-0.2, 0) is 0 Å². The lowest BCUT2D eigenvalue weighted by molar-refractivity contribution is 0.130. The van der Waals surface area contributed by atoms with Gasteiger partial charge in [0.1, 0.15) is 0 Å². The molecule has 1 heterocycles. The van der Waals surface area contributed by atoms with Crippen molar-refractivity contribution in [3.05, 3.63) is 33.8 Å². The van der Waals surface area contributed by atoms with Gasteiger partial charge in [-0.2, -0.15) is 0 Å². The Labute approximate surface area is 138 Å². The number of likely N-dealkylation sites (N-methyl/N-ethyl adjacent to an activating group) is 1. The summed E-state index contributed by atoms with van der Waals surface area (Å²) in [6.07, 6.45) is 3.45. The summed E-state index contributed by atoms with van der Waals surface area (Å²) in [6.45, 7) is 3.30. The van der Waals surface area contributed by atoms with Gasteiger partial charge in [-0.05, 0) is 51.5 Å². The molecule has 3 nitrogen and oxygen atoms in total. The average molecular weight is 330 g/mol. The molecular formula is C16H25Cl2N3. The zero-order valence-electron chi connectivity index (χ0n) is 12.9. The molecule has 0 aliphatic carbocycles. The van der Waals surface area contributed by atoms with Crippen LogP contribution in [0.2, 0.25) is 10.0 Å². The van der Waals surface area contributed by atoms with Crippen molar-refractivity contribution < 1.29 is 0 Å². The van der Waals surface area contributed by atoms with Gasteiger partial charge in [0, 0.05) is 25.2 Å².